The van der Waals surface area contributed by atoms with Crippen LogP contribution in [0.4, 0.5) is 5.69 Å². The molecule has 1 aliphatic rings. The second-order valence-corrected chi connectivity index (χ2v) is 8.43. The molecule has 3 aromatic rings. The lowest BCUT2D eigenvalue weighted by Gasteiger charge is -2.35. The van der Waals surface area contributed by atoms with Crippen LogP contribution in [0.2, 0.25) is 0 Å². The molecule has 1 aliphatic heterocycles. The first-order valence-corrected chi connectivity index (χ1v) is 11.4. The third-order valence-electron chi connectivity index (χ3n) is 6.07. The van der Waals surface area contributed by atoms with Gasteiger partial charge in [-0.15, -0.1) is 0 Å². The van der Waals surface area contributed by atoms with E-state index in [0.717, 1.165) is 30.1 Å². The molecule has 4 rings (SSSR count). The third kappa shape index (κ3) is 5.05. The van der Waals surface area contributed by atoms with E-state index in [1.54, 1.807) is 0 Å². The molecule has 0 radical (unpaired) electrons. The van der Waals surface area contributed by atoms with Crippen molar-refractivity contribution in [3.05, 3.63) is 71.8 Å². The Hall–Kier alpha value is -3.05. The predicted octanol–water partition coefficient (Wildman–Crippen LogP) is 4.88. The fourth-order valence-corrected chi connectivity index (χ4v) is 4.38. The number of esters is 1. The molecule has 0 aromatic heterocycles. The molecule has 0 saturated heterocycles. The van der Waals surface area contributed by atoms with E-state index >= 15 is 0 Å². The summed E-state index contributed by atoms with van der Waals surface area (Å²) >= 11 is 0. The Balaban J connectivity index is 1.40. The van der Waals surface area contributed by atoms with Gasteiger partial charge in [0.2, 0.25) is 0 Å². The van der Waals surface area contributed by atoms with Crippen LogP contribution in [-0.2, 0) is 16.0 Å². The van der Waals surface area contributed by atoms with Gasteiger partial charge in [-0.05, 0) is 54.3 Å². The number of nitrogens with one attached hydrogen (secondary N) is 1. The molecular weight excluding hydrogens is 400 g/mol. The molecule has 1 unspecified atom stereocenters. The lowest BCUT2D eigenvalue weighted by Crippen LogP contribution is -2.44. The Labute approximate surface area is 190 Å². The van der Waals surface area contributed by atoms with Crippen LogP contribution >= 0.6 is 0 Å². The number of aryl methyl sites for hydroxylation is 1. The number of carbonyl (C=O) groups is 1. The monoisotopic (exact) mass is 432 g/mol. The first-order chi connectivity index (χ1) is 15.5. The second-order valence-electron chi connectivity index (χ2n) is 8.43. The molecular formula is C27H32N2O3. The summed E-state index contributed by atoms with van der Waals surface area (Å²) in [6.45, 7) is 6.03. The summed E-state index contributed by atoms with van der Waals surface area (Å²) < 4.78 is 11.4. The van der Waals surface area contributed by atoms with Gasteiger partial charge in [0.15, 0.2) is 0 Å². The lowest BCUT2D eigenvalue weighted by atomic mass is 9.99. The van der Waals surface area contributed by atoms with Gasteiger partial charge >= 0.3 is 5.97 Å². The minimum Gasteiger partial charge on any atom is -0.485 e. The number of benzene rings is 3. The van der Waals surface area contributed by atoms with E-state index in [0.29, 0.717) is 19.4 Å². The van der Waals surface area contributed by atoms with Gasteiger partial charge in [0.25, 0.3) is 0 Å². The maximum atomic E-state index is 11.7. The van der Waals surface area contributed by atoms with Crippen molar-refractivity contribution in [1.29, 1.82) is 0 Å². The van der Waals surface area contributed by atoms with Crippen molar-refractivity contribution in [2.75, 3.05) is 31.6 Å². The average Bonchev–Trinajstić information content (AvgIpc) is 2.81. The van der Waals surface area contributed by atoms with E-state index in [2.05, 4.69) is 84.9 Å². The Morgan fingerprint density at radius 2 is 2.00 bits per heavy atom. The molecule has 3 aromatic carbocycles. The summed E-state index contributed by atoms with van der Waals surface area (Å²) in [4.78, 5) is 13.9. The van der Waals surface area contributed by atoms with Crippen molar-refractivity contribution in [3.63, 3.8) is 0 Å². The maximum absolute atomic E-state index is 11.7. The second kappa shape index (κ2) is 10.0. The smallest absolute Gasteiger partial charge is 0.306 e. The number of carbonyl (C=O) groups excluding carboxylic acids is 1. The van der Waals surface area contributed by atoms with Gasteiger partial charge in [0.05, 0.1) is 18.8 Å². The lowest BCUT2D eigenvalue weighted by molar-refractivity contribution is -0.143. The summed E-state index contributed by atoms with van der Waals surface area (Å²) in [6.07, 6.45) is 1.08. The van der Waals surface area contributed by atoms with Crippen LogP contribution in [0.15, 0.2) is 60.7 Å². The highest BCUT2D eigenvalue weighted by Crippen LogP contribution is 2.34. The third-order valence-corrected chi connectivity index (χ3v) is 6.07. The Morgan fingerprint density at radius 1 is 1.19 bits per heavy atom. The van der Waals surface area contributed by atoms with Crippen molar-refractivity contribution in [2.24, 2.45) is 0 Å². The highest BCUT2D eigenvalue weighted by atomic mass is 16.5. The van der Waals surface area contributed by atoms with Gasteiger partial charge in [-0.25, -0.2) is 0 Å². The van der Waals surface area contributed by atoms with Crippen LogP contribution in [0.1, 0.15) is 37.4 Å². The Kier molecular flexibility index (Phi) is 6.96. The molecule has 1 N–H and O–H groups in total. The zero-order valence-corrected chi connectivity index (χ0v) is 19.1. The number of anilines is 1. The van der Waals surface area contributed by atoms with Gasteiger partial charge in [-0.2, -0.15) is 0 Å². The van der Waals surface area contributed by atoms with E-state index in [4.69, 9.17) is 9.47 Å². The maximum Gasteiger partial charge on any atom is 0.306 e. The molecule has 0 amide bonds. The van der Waals surface area contributed by atoms with Crippen LogP contribution in [0.25, 0.3) is 10.8 Å². The van der Waals surface area contributed by atoms with E-state index in [1.165, 1.54) is 16.3 Å². The van der Waals surface area contributed by atoms with Gasteiger partial charge < -0.3 is 19.7 Å². The standard InChI is InChI=1S/C27H32N2O3/c1-4-31-27(30)15-13-20-12-14-25-26(16-20)32-22(18-29(25)3)17-28-19(2)23-11-7-9-21-8-5-6-10-24(21)23/h5-12,14,16,19,22,28H,4,13,15,17-18H2,1-3H3/t19-,22?/m1/s1. The Bertz CT molecular complexity index is 1080. The van der Waals surface area contributed by atoms with Crippen LogP contribution in [0, 0.1) is 0 Å². The number of ether oxygens (including phenoxy) is 2. The van der Waals surface area contributed by atoms with Gasteiger partial charge in [0.1, 0.15) is 11.9 Å². The number of hydrogen-bond donors (Lipinski definition) is 1. The summed E-state index contributed by atoms with van der Waals surface area (Å²) in [5.41, 5.74) is 3.47. The van der Waals surface area contributed by atoms with Crippen molar-refractivity contribution >= 4 is 22.4 Å². The summed E-state index contributed by atoms with van der Waals surface area (Å²) in [6, 6.07) is 21.4. The van der Waals surface area contributed by atoms with Crippen LogP contribution in [0.3, 0.4) is 0 Å². The largest absolute Gasteiger partial charge is 0.485 e. The normalized spacial score (nSPS) is 16.3. The van der Waals surface area contributed by atoms with Gasteiger partial charge in [-0.1, -0.05) is 48.5 Å². The SMILES string of the molecule is CCOC(=O)CCc1ccc2c(c1)OC(CN[C@H](C)c1cccc3ccccc13)CN2C. The average molecular weight is 433 g/mol. The number of hydrogen-bond acceptors (Lipinski definition) is 5. The van der Waals surface area contributed by atoms with E-state index in [9.17, 15) is 4.79 Å². The molecule has 0 bridgehead atoms. The molecule has 0 saturated carbocycles. The summed E-state index contributed by atoms with van der Waals surface area (Å²) in [7, 11) is 2.10. The minimum atomic E-state index is -0.159. The molecule has 2 atom stereocenters. The minimum absolute atomic E-state index is 0.0465. The molecule has 5 heteroatoms. The number of nitrogens with zero attached hydrogens (tertiary/aromatic N) is 1. The predicted molar refractivity (Wildman–Crippen MR) is 129 cm³/mol. The number of fused-ring (bicyclic) bond motifs is 2. The fraction of sp³-hybridized carbons (Fsp3) is 0.370. The van der Waals surface area contributed by atoms with Crippen molar-refractivity contribution < 1.29 is 14.3 Å². The van der Waals surface area contributed by atoms with E-state index < -0.39 is 0 Å². The molecule has 0 fully saturated rings. The van der Waals surface area contributed by atoms with Crippen LogP contribution in [0.5, 0.6) is 5.75 Å². The quantitative estimate of drug-likeness (QED) is 0.514. The highest BCUT2D eigenvalue weighted by Gasteiger charge is 2.24. The topological polar surface area (TPSA) is 50.8 Å². The number of rotatable bonds is 8. The molecule has 168 valence electrons. The highest BCUT2D eigenvalue weighted by molar-refractivity contribution is 5.86. The first kappa shape index (κ1) is 22.2. The van der Waals surface area contributed by atoms with Gasteiger partial charge in [0, 0.05) is 26.1 Å². The van der Waals surface area contributed by atoms with Crippen molar-refractivity contribution in [2.45, 2.75) is 38.8 Å². The number of likely N-dealkylation sites (N-methyl/N-ethyl adjacent to an activating group) is 1. The van der Waals surface area contributed by atoms with Crippen LogP contribution < -0.4 is 15.0 Å². The zero-order valence-electron chi connectivity index (χ0n) is 19.1. The van der Waals surface area contributed by atoms with Crippen molar-refractivity contribution in [1.82, 2.24) is 5.32 Å². The summed E-state index contributed by atoms with van der Waals surface area (Å²) in [5.74, 6) is 0.720. The molecule has 32 heavy (non-hydrogen) atoms. The zero-order chi connectivity index (χ0) is 22.5. The van der Waals surface area contributed by atoms with Gasteiger partial charge in [-0.3, -0.25) is 4.79 Å². The fourth-order valence-electron chi connectivity index (χ4n) is 4.38. The molecule has 5 nitrogen and oxygen atoms in total. The molecule has 1 heterocycles. The Morgan fingerprint density at radius 3 is 2.84 bits per heavy atom. The first-order valence-electron chi connectivity index (χ1n) is 11.4. The van der Waals surface area contributed by atoms with Crippen molar-refractivity contribution in [3.8, 4) is 5.75 Å². The molecule has 0 spiro atoms. The summed E-state index contributed by atoms with van der Waals surface area (Å²) in [5, 5.41) is 6.21. The van der Waals surface area contributed by atoms with E-state index in [1.807, 2.05) is 6.92 Å². The molecule has 0 aliphatic carbocycles. The van der Waals surface area contributed by atoms with Crippen LogP contribution in [-0.4, -0.2) is 38.8 Å². The van der Waals surface area contributed by atoms with E-state index in [-0.39, 0.29) is 18.1 Å².